The lowest BCUT2D eigenvalue weighted by molar-refractivity contribution is 0.148. The van der Waals surface area contributed by atoms with Crippen molar-refractivity contribution in [2.75, 3.05) is 19.6 Å². The summed E-state index contributed by atoms with van der Waals surface area (Å²) in [5, 5.41) is 3.56. The van der Waals surface area contributed by atoms with Gasteiger partial charge in [-0.15, -0.1) is 0 Å². The molecule has 0 spiro atoms. The highest BCUT2D eigenvalue weighted by atomic mass is 15.2. The molecular formula is C15H24N2. The van der Waals surface area contributed by atoms with Gasteiger partial charge in [-0.1, -0.05) is 18.2 Å². The Morgan fingerprint density at radius 2 is 2.06 bits per heavy atom. The minimum atomic E-state index is 0.246. The Hall–Kier alpha value is -0.860. The van der Waals surface area contributed by atoms with Crippen LogP contribution in [0.3, 0.4) is 0 Å². The second-order valence-corrected chi connectivity index (χ2v) is 5.88. The van der Waals surface area contributed by atoms with Crippen molar-refractivity contribution in [1.29, 1.82) is 0 Å². The Morgan fingerprint density at radius 3 is 2.76 bits per heavy atom. The van der Waals surface area contributed by atoms with Gasteiger partial charge < -0.3 is 5.32 Å². The molecule has 1 N–H and O–H groups in total. The van der Waals surface area contributed by atoms with Crippen LogP contribution in [0.15, 0.2) is 18.2 Å². The first-order valence-electron chi connectivity index (χ1n) is 6.50. The topological polar surface area (TPSA) is 15.3 Å². The molecule has 1 saturated heterocycles. The average molecular weight is 232 g/mol. The van der Waals surface area contributed by atoms with E-state index in [1.807, 2.05) is 0 Å². The lowest BCUT2D eigenvalue weighted by Gasteiger charge is -2.39. The predicted octanol–water partition coefficient (Wildman–Crippen LogP) is 2.49. The molecule has 0 radical (unpaired) electrons. The van der Waals surface area contributed by atoms with Crippen LogP contribution in [0, 0.1) is 13.8 Å². The molecule has 1 aliphatic rings. The Morgan fingerprint density at radius 1 is 1.29 bits per heavy atom. The van der Waals surface area contributed by atoms with Crippen LogP contribution in [-0.2, 0) is 6.54 Å². The summed E-state index contributed by atoms with van der Waals surface area (Å²) in [5.74, 6) is 0. The zero-order chi connectivity index (χ0) is 12.5. The molecule has 0 saturated carbocycles. The van der Waals surface area contributed by atoms with Gasteiger partial charge in [0.2, 0.25) is 0 Å². The normalized spacial score (nSPS) is 20.5. The third-order valence-corrected chi connectivity index (χ3v) is 3.76. The van der Waals surface area contributed by atoms with E-state index in [-0.39, 0.29) is 5.54 Å². The number of benzene rings is 1. The van der Waals surface area contributed by atoms with E-state index in [1.165, 1.54) is 16.7 Å². The van der Waals surface area contributed by atoms with Crippen LogP contribution in [0.4, 0.5) is 0 Å². The van der Waals surface area contributed by atoms with Crippen LogP contribution in [-0.4, -0.2) is 30.1 Å². The van der Waals surface area contributed by atoms with E-state index in [0.29, 0.717) is 0 Å². The Bertz CT molecular complexity index is 396. The summed E-state index contributed by atoms with van der Waals surface area (Å²) < 4.78 is 0. The van der Waals surface area contributed by atoms with Crippen LogP contribution in [0.2, 0.25) is 0 Å². The molecule has 0 aromatic heterocycles. The van der Waals surface area contributed by atoms with Crippen molar-refractivity contribution in [2.45, 2.75) is 39.8 Å². The number of nitrogens with zero attached hydrogens (tertiary/aromatic N) is 1. The van der Waals surface area contributed by atoms with Gasteiger partial charge in [0.15, 0.2) is 0 Å². The first-order chi connectivity index (χ1) is 7.98. The number of hydrogen-bond donors (Lipinski definition) is 1. The summed E-state index contributed by atoms with van der Waals surface area (Å²) in [5.41, 5.74) is 4.57. The standard InChI is InChI=1S/C15H24N2/c1-12-6-5-7-14(13(12)2)10-17-9-8-16-15(3,4)11-17/h5-7,16H,8-11H2,1-4H3. The second-order valence-electron chi connectivity index (χ2n) is 5.88. The molecule has 1 fully saturated rings. The van der Waals surface area contributed by atoms with Crippen molar-refractivity contribution in [3.05, 3.63) is 34.9 Å². The SMILES string of the molecule is Cc1cccc(CN2CCNC(C)(C)C2)c1C. The van der Waals surface area contributed by atoms with Crippen LogP contribution in [0.1, 0.15) is 30.5 Å². The van der Waals surface area contributed by atoms with E-state index in [2.05, 4.69) is 56.1 Å². The Labute approximate surface area is 105 Å². The Kier molecular flexibility index (Phi) is 3.55. The molecule has 0 amide bonds. The molecular weight excluding hydrogens is 208 g/mol. The van der Waals surface area contributed by atoms with Gasteiger partial charge in [0.05, 0.1) is 0 Å². The summed E-state index contributed by atoms with van der Waals surface area (Å²) in [7, 11) is 0. The zero-order valence-electron chi connectivity index (χ0n) is 11.5. The number of nitrogens with one attached hydrogen (secondary N) is 1. The number of rotatable bonds is 2. The molecule has 1 aromatic rings. The third-order valence-electron chi connectivity index (χ3n) is 3.76. The van der Waals surface area contributed by atoms with Gasteiger partial charge in [0.25, 0.3) is 0 Å². The maximum atomic E-state index is 3.56. The third kappa shape index (κ3) is 3.08. The summed E-state index contributed by atoms with van der Waals surface area (Å²) in [6.07, 6.45) is 0. The zero-order valence-corrected chi connectivity index (χ0v) is 11.5. The molecule has 0 atom stereocenters. The molecule has 0 unspecified atom stereocenters. The predicted molar refractivity (Wildman–Crippen MR) is 73.3 cm³/mol. The van der Waals surface area contributed by atoms with Crippen molar-refractivity contribution >= 4 is 0 Å². The maximum Gasteiger partial charge on any atom is 0.0252 e. The molecule has 1 aromatic carbocycles. The van der Waals surface area contributed by atoms with E-state index in [4.69, 9.17) is 0 Å². The number of hydrogen-bond acceptors (Lipinski definition) is 2. The van der Waals surface area contributed by atoms with Crippen LogP contribution < -0.4 is 5.32 Å². The van der Waals surface area contributed by atoms with Gasteiger partial charge in [-0.05, 0) is 44.4 Å². The summed E-state index contributed by atoms with van der Waals surface area (Å²) in [6, 6.07) is 6.63. The van der Waals surface area contributed by atoms with Gasteiger partial charge >= 0.3 is 0 Å². The first kappa shape index (κ1) is 12.6. The lowest BCUT2D eigenvalue weighted by atomic mass is 9.99. The summed E-state index contributed by atoms with van der Waals surface area (Å²) >= 11 is 0. The van der Waals surface area contributed by atoms with E-state index >= 15 is 0 Å². The van der Waals surface area contributed by atoms with Crippen molar-refractivity contribution in [2.24, 2.45) is 0 Å². The van der Waals surface area contributed by atoms with E-state index in [9.17, 15) is 0 Å². The van der Waals surface area contributed by atoms with Crippen molar-refractivity contribution in [1.82, 2.24) is 10.2 Å². The van der Waals surface area contributed by atoms with Crippen LogP contribution >= 0.6 is 0 Å². The smallest absolute Gasteiger partial charge is 0.0252 e. The summed E-state index contributed by atoms with van der Waals surface area (Å²) in [4.78, 5) is 2.55. The number of piperazine rings is 1. The Balaban J connectivity index is 2.08. The van der Waals surface area contributed by atoms with Crippen LogP contribution in [0.25, 0.3) is 0 Å². The highest BCUT2D eigenvalue weighted by Crippen LogP contribution is 2.18. The highest BCUT2D eigenvalue weighted by molar-refractivity contribution is 5.33. The van der Waals surface area contributed by atoms with Gasteiger partial charge in [-0.25, -0.2) is 0 Å². The van der Waals surface area contributed by atoms with Crippen molar-refractivity contribution in [3.8, 4) is 0 Å². The second kappa shape index (κ2) is 4.79. The maximum absolute atomic E-state index is 3.56. The minimum Gasteiger partial charge on any atom is -0.309 e. The molecule has 1 heterocycles. The van der Waals surface area contributed by atoms with Gasteiger partial charge in [0.1, 0.15) is 0 Å². The lowest BCUT2D eigenvalue weighted by Crippen LogP contribution is -2.56. The fourth-order valence-electron chi connectivity index (χ4n) is 2.61. The average Bonchev–Trinajstić information content (AvgIpc) is 2.23. The fraction of sp³-hybridized carbons (Fsp3) is 0.600. The summed E-state index contributed by atoms with van der Waals surface area (Å²) in [6.45, 7) is 13.4. The van der Waals surface area contributed by atoms with Gasteiger partial charge in [-0.3, -0.25) is 4.90 Å². The molecule has 1 aliphatic heterocycles. The van der Waals surface area contributed by atoms with Crippen molar-refractivity contribution in [3.63, 3.8) is 0 Å². The molecule has 0 bridgehead atoms. The van der Waals surface area contributed by atoms with E-state index in [0.717, 1.165) is 26.2 Å². The molecule has 17 heavy (non-hydrogen) atoms. The number of aryl methyl sites for hydroxylation is 1. The van der Waals surface area contributed by atoms with Gasteiger partial charge in [0, 0.05) is 31.7 Å². The quantitative estimate of drug-likeness (QED) is 0.843. The largest absolute Gasteiger partial charge is 0.309 e. The molecule has 94 valence electrons. The molecule has 2 nitrogen and oxygen atoms in total. The van der Waals surface area contributed by atoms with E-state index < -0.39 is 0 Å². The van der Waals surface area contributed by atoms with Gasteiger partial charge in [-0.2, -0.15) is 0 Å². The monoisotopic (exact) mass is 232 g/mol. The van der Waals surface area contributed by atoms with E-state index in [1.54, 1.807) is 0 Å². The molecule has 2 heteroatoms. The van der Waals surface area contributed by atoms with Crippen LogP contribution in [0.5, 0.6) is 0 Å². The van der Waals surface area contributed by atoms with Crippen molar-refractivity contribution < 1.29 is 0 Å². The highest BCUT2D eigenvalue weighted by Gasteiger charge is 2.25. The molecule has 2 rings (SSSR count). The first-order valence-corrected chi connectivity index (χ1v) is 6.50. The molecule has 0 aliphatic carbocycles. The fourth-order valence-corrected chi connectivity index (χ4v) is 2.61. The minimum absolute atomic E-state index is 0.246.